The van der Waals surface area contributed by atoms with Crippen molar-refractivity contribution in [1.29, 1.82) is 0 Å². The Morgan fingerprint density at radius 2 is 0.736 bits per heavy atom. The zero-order valence-corrected chi connectivity index (χ0v) is 31.7. The van der Waals surface area contributed by atoms with Gasteiger partial charge in [0.2, 0.25) is 0 Å². The van der Waals surface area contributed by atoms with E-state index < -0.39 is 0 Å². The first-order valence-corrected chi connectivity index (χ1v) is 19.3. The smallest absolute Gasteiger partial charge is 0.0159 e. The summed E-state index contributed by atoms with van der Waals surface area (Å²) in [5.74, 6) is 0. The summed E-state index contributed by atoms with van der Waals surface area (Å²) in [7, 11) is 0. The Bertz CT molecular complexity index is 2720. The predicted molar refractivity (Wildman–Crippen MR) is 233 cm³/mol. The maximum Gasteiger partial charge on any atom is 0.0159 e. The minimum Gasteiger partial charge on any atom is -0.0683 e. The zero-order valence-electron chi connectivity index (χ0n) is 31.7. The third-order valence-corrected chi connectivity index (χ3v) is 11.0. The van der Waals surface area contributed by atoms with E-state index in [1.807, 2.05) is 27.7 Å². The van der Waals surface area contributed by atoms with Crippen LogP contribution in [0.25, 0.3) is 87.6 Å². The summed E-state index contributed by atoms with van der Waals surface area (Å²) < 4.78 is 0. The Labute approximate surface area is 314 Å². The van der Waals surface area contributed by atoms with Crippen molar-refractivity contribution in [3.05, 3.63) is 181 Å². The van der Waals surface area contributed by atoms with Gasteiger partial charge in [-0.25, -0.2) is 0 Å². The lowest BCUT2D eigenvalue weighted by Gasteiger charge is -2.21. The second-order valence-corrected chi connectivity index (χ2v) is 14.1. The zero-order chi connectivity index (χ0) is 36.7. The molecule has 0 saturated heterocycles. The van der Waals surface area contributed by atoms with Gasteiger partial charge in [0.15, 0.2) is 0 Å². The Balaban J connectivity index is 0.000000969. The van der Waals surface area contributed by atoms with Crippen LogP contribution in [0.3, 0.4) is 0 Å². The molecule has 0 bridgehead atoms. The Hall–Kier alpha value is -5.98. The minimum atomic E-state index is -0.0296. The van der Waals surface area contributed by atoms with E-state index in [1.54, 1.807) is 0 Å². The first kappa shape index (κ1) is 34.1. The van der Waals surface area contributed by atoms with Crippen LogP contribution >= 0.6 is 0 Å². The molecule has 0 saturated carbocycles. The Morgan fingerprint density at radius 3 is 1.36 bits per heavy atom. The maximum absolute atomic E-state index is 2.42. The molecule has 0 radical (unpaired) electrons. The van der Waals surface area contributed by atoms with Crippen LogP contribution in [-0.4, -0.2) is 0 Å². The minimum absolute atomic E-state index is 0.0296. The molecule has 0 atom stereocenters. The van der Waals surface area contributed by atoms with E-state index in [0.717, 1.165) is 0 Å². The average molecular weight is 683 g/mol. The summed E-state index contributed by atoms with van der Waals surface area (Å²) in [6, 6.07) is 63.1. The Kier molecular flexibility index (Phi) is 8.93. The highest BCUT2D eigenvalue weighted by Gasteiger charge is 2.36. The fourth-order valence-corrected chi connectivity index (χ4v) is 8.63. The molecule has 0 nitrogen and oxygen atoms in total. The first-order chi connectivity index (χ1) is 26.1. The third-order valence-electron chi connectivity index (χ3n) is 11.0. The van der Waals surface area contributed by atoms with Crippen molar-refractivity contribution in [3.63, 3.8) is 0 Å². The molecule has 9 aromatic rings. The largest absolute Gasteiger partial charge is 0.0683 e. The van der Waals surface area contributed by atoms with E-state index in [0.29, 0.717) is 0 Å². The molecule has 53 heavy (non-hydrogen) atoms. The summed E-state index contributed by atoms with van der Waals surface area (Å²) in [5, 5.41) is 10.3. The topological polar surface area (TPSA) is 0 Å². The van der Waals surface area contributed by atoms with Crippen LogP contribution in [0.5, 0.6) is 0 Å². The van der Waals surface area contributed by atoms with Crippen LogP contribution in [0, 0.1) is 0 Å². The second-order valence-electron chi connectivity index (χ2n) is 14.1. The van der Waals surface area contributed by atoms with Gasteiger partial charge in [-0.1, -0.05) is 199 Å². The van der Waals surface area contributed by atoms with Gasteiger partial charge >= 0.3 is 0 Å². The number of benzene rings is 9. The van der Waals surface area contributed by atoms with Crippen molar-refractivity contribution in [1.82, 2.24) is 0 Å². The Morgan fingerprint density at radius 1 is 0.302 bits per heavy atom. The van der Waals surface area contributed by atoms with Gasteiger partial charge in [-0.05, 0) is 111 Å². The second kappa shape index (κ2) is 13.9. The molecule has 1 aliphatic carbocycles. The van der Waals surface area contributed by atoms with Crippen molar-refractivity contribution in [2.24, 2.45) is 0 Å². The quantitative estimate of drug-likeness (QED) is 0.163. The van der Waals surface area contributed by atoms with Crippen LogP contribution in [0.15, 0.2) is 170 Å². The monoisotopic (exact) mass is 682 g/mol. The number of hydrogen-bond donors (Lipinski definition) is 0. The molecule has 0 spiro atoms. The average Bonchev–Trinajstić information content (AvgIpc) is 3.46. The summed E-state index contributed by atoms with van der Waals surface area (Å²) in [6.45, 7) is 12.7. The molecule has 1 aliphatic rings. The highest BCUT2D eigenvalue weighted by atomic mass is 14.4. The third kappa shape index (κ3) is 5.53. The predicted octanol–water partition coefficient (Wildman–Crippen LogP) is 15.7. The van der Waals surface area contributed by atoms with Crippen LogP contribution in [0.4, 0.5) is 0 Å². The fraction of sp³-hybridized carbons (Fsp3) is 0.132. The SMILES string of the molecule is CC.CC.CC1(C)c2ccc(-c3ccc(-c4c5ccccc5c(-c5ccc6ccccc6c5)c5ccccc45)cc3)cc2-c2c1ccc1ccccc21. The van der Waals surface area contributed by atoms with E-state index in [9.17, 15) is 0 Å². The van der Waals surface area contributed by atoms with Gasteiger partial charge in [0.25, 0.3) is 0 Å². The first-order valence-electron chi connectivity index (χ1n) is 19.3. The molecular formula is C53H46. The molecule has 10 rings (SSSR count). The van der Waals surface area contributed by atoms with Crippen molar-refractivity contribution in [2.45, 2.75) is 47.0 Å². The van der Waals surface area contributed by atoms with Gasteiger partial charge < -0.3 is 0 Å². The lowest BCUT2D eigenvalue weighted by Crippen LogP contribution is -2.14. The normalized spacial score (nSPS) is 12.5. The van der Waals surface area contributed by atoms with Crippen molar-refractivity contribution in [2.75, 3.05) is 0 Å². The van der Waals surface area contributed by atoms with Crippen molar-refractivity contribution >= 4 is 43.1 Å². The number of fused-ring (bicyclic) bond motifs is 8. The molecule has 9 aromatic carbocycles. The van der Waals surface area contributed by atoms with Crippen LogP contribution in [0.2, 0.25) is 0 Å². The van der Waals surface area contributed by atoms with Gasteiger partial charge in [0, 0.05) is 5.41 Å². The van der Waals surface area contributed by atoms with Crippen molar-refractivity contribution < 1.29 is 0 Å². The lowest BCUT2D eigenvalue weighted by molar-refractivity contribution is 0.661. The molecule has 0 N–H and O–H groups in total. The lowest BCUT2D eigenvalue weighted by atomic mass is 9.82. The fourth-order valence-electron chi connectivity index (χ4n) is 8.63. The molecule has 0 heteroatoms. The van der Waals surface area contributed by atoms with Gasteiger partial charge in [0.05, 0.1) is 0 Å². The van der Waals surface area contributed by atoms with Crippen LogP contribution in [0.1, 0.15) is 52.7 Å². The summed E-state index contributed by atoms with van der Waals surface area (Å²) in [6.07, 6.45) is 0. The molecule has 258 valence electrons. The molecule has 0 aliphatic heterocycles. The maximum atomic E-state index is 2.42. The van der Waals surface area contributed by atoms with Gasteiger partial charge in [-0.15, -0.1) is 0 Å². The highest BCUT2D eigenvalue weighted by molar-refractivity contribution is 6.21. The molecule has 0 aromatic heterocycles. The van der Waals surface area contributed by atoms with E-state index in [4.69, 9.17) is 0 Å². The van der Waals surface area contributed by atoms with Gasteiger partial charge in [-0.3, -0.25) is 0 Å². The van der Waals surface area contributed by atoms with Crippen molar-refractivity contribution in [3.8, 4) is 44.5 Å². The molecule has 0 heterocycles. The van der Waals surface area contributed by atoms with E-state index >= 15 is 0 Å². The standard InChI is InChI=1S/C49H34.2C2H6/c1-49(2)44-27-26-36(30-43(44)48-38-14-6-5-12-33(38)25-28-45(48)49)32-19-22-34(23-20-32)46-39-15-7-9-17-41(39)47(42-18-10-8-16-40(42)46)37-24-21-31-11-3-4-13-35(31)29-37;2*1-2/h3-30H,1-2H3;2*1-2H3. The van der Waals surface area contributed by atoms with Crippen LogP contribution < -0.4 is 0 Å². The molecule has 0 unspecified atom stereocenters. The van der Waals surface area contributed by atoms with Crippen LogP contribution in [-0.2, 0) is 5.41 Å². The summed E-state index contributed by atoms with van der Waals surface area (Å²) in [5.41, 5.74) is 13.1. The molecular weight excluding hydrogens is 637 g/mol. The number of hydrogen-bond acceptors (Lipinski definition) is 0. The van der Waals surface area contributed by atoms with E-state index in [-0.39, 0.29) is 5.41 Å². The molecule has 0 fully saturated rings. The highest BCUT2D eigenvalue weighted by Crippen LogP contribution is 2.52. The summed E-state index contributed by atoms with van der Waals surface area (Å²) >= 11 is 0. The summed E-state index contributed by atoms with van der Waals surface area (Å²) in [4.78, 5) is 0. The van der Waals surface area contributed by atoms with Gasteiger partial charge in [0.1, 0.15) is 0 Å². The van der Waals surface area contributed by atoms with E-state index in [1.165, 1.54) is 98.7 Å². The number of rotatable bonds is 3. The molecule has 0 amide bonds. The van der Waals surface area contributed by atoms with Gasteiger partial charge in [-0.2, -0.15) is 0 Å². The van der Waals surface area contributed by atoms with E-state index in [2.05, 4.69) is 184 Å².